The van der Waals surface area contributed by atoms with Crippen molar-refractivity contribution in [3.63, 3.8) is 0 Å². The Morgan fingerprint density at radius 3 is 2.69 bits per heavy atom. The summed E-state index contributed by atoms with van der Waals surface area (Å²) in [5, 5.41) is 11.6. The van der Waals surface area contributed by atoms with E-state index < -0.39 is 5.97 Å². The van der Waals surface area contributed by atoms with Gasteiger partial charge in [0.2, 0.25) is 0 Å². The van der Waals surface area contributed by atoms with Crippen LogP contribution >= 0.6 is 0 Å². The molecule has 0 radical (unpaired) electrons. The van der Waals surface area contributed by atoms with E-state index in [1.165, 1.54) is 12.8 Å². The Hall–Kier alpha value is -0.830. The van der Waals surface area contributed by atoms with Crippen molar-refractivity contribution in [3.05, 3.63) is 12.2 Å². The fourth-order valence-electron chi connectivity index (χ4n) is 0.985. The first-order chi connectivity index (χ1) is 6.07. The molecule has 0 amide bonds. The molecule has 76 valence electrons. The lowest BCUT2D eigenvalue weighted by molar-refractivity contribution is -0.132. The molecule has 1 unspecified atom stereocenters. The standard InChI is InChI=1S/C10H19NO2/c1-4-5-6-9(3)11-7-8(2)10(12)13/h9,11H,2,4-7H2,1,3H3,(H,12,13). The second-order valence-electron chi connectivity index (χ2n) is 3.33. The average Bonchev–Trinajstić information content (AvgIpc) is 2.10. The maximum Gasteiger partial charge on any atom is 0.332 e. The topological polar surface area (TPSA) is 49.3 Å². The van der Waals surface area contributed by atoms with Gasteiger partial charge in [0.15, 0.2) is 0 Å². The SMILES string of the molecule is C=C(CNC(C)CCCC)C(=O)O. The molecule has 0 saturated carbocycles. The van der Waals surface area contributed by atoms with Gasteiger partial charge in [0.1, 0.15) is 0 Å². The molecule has 0 aromatic heterocycles. The van der Waals surface area contributed by atoms with E-state index in [9.17, 15) is 4.79 Å². The Balaban J connectivity index is 3.51. The number of carboxylic acids is 1. The molecule has 0 spiro atoms. The van der Waals surface area contributed by atoms with Crippen LogP contribution in [0.1, 0.15) is 33.1 Å². The number of carbonyl (C=O) groups is 1. The molecule has 0 heterocycles. The van der Waals surface area contributed by atoms with Crippen LogP contribution in [0.2, 0.25) is 0 Å². The predicted molar refractivity (Wildman–Crippen MR) is 53.8 cm³/mol. The third kappa shape index (κ3) is 6.34. The van der Waals surface area contributed by atoms with Crippen molar-refractivity contribution >= 4 is 5.97 Å². The highest BCUT2D eigenvalue weighted by molar-refractivity contribution is 5.86. The molecule has 0 aliphatic carbocycles. The zero-order chi connectivity index (χ0) is 10.3. The van der Waals surface area contributed by atoms with Gasteiger partial charge in [0, 0.05) is 18.2 Å². The predicted octanol–water partition coefficient (Wildman–Crippen LogP) is 1.80. The number of carboxylic acid groups (broad SMARTS) is 1. The second kappa shape index (κ2) is 6.66. The van der Waals surface area contributed by atoms with E-state index in [0.717, 1.165) is 6.42 Å². The average molecular weight is 185 g/mol. The van der Waals surface area contributed by atoms with E-state index in [0.29, 0.717) is 12.6 Å². The summed E-state index contributed by atoms with van der Waals surface area (Å²) in [6.45, 7) is 8.02. The molecule has 0 rings (SSSR count). The van der Waals surface area contributed by atoms with Crippen LogP contribution in [0.3, 0.4) is 0 Å². The Morgan fingerprint density at radius 2 is 2.23 bits per heavy atom. The molecule has 0 saturated heterocycles. The van der Waals surface area contributed by atoms with Gasteiger partial charge < -0.3 is 10.4 Å². The Kier molecular flexibility index (Phi) is 6.24. The molecule has 0 bridgehead atoms. The minimum absolute atomic E-state index is 0.225. The molecule has 3 heteroatoms. The van der Waals surface area contributed by atoms with Crippen LogP contribution in [0.4, 0.5) is 0 Å². The van der Waals surface area contributed by atoms with E-state index >= 15 is 0 Å². The fourth-order valence-corrected chi connectivity index (χ4v) is 0.985. The Bertz CT molecular complexity index is 178. The van der Waals surface area contributed by atoms with E-state index in [1.54, 1.807) is 0 Å². The van der Waals surface area contributed by atoms with Crippen molar-refractivity contribution < 1.29 is 9.90 Å². The number of unbranched alkanes of at least 4 members (excludes halogenated alkanes) is 1. The third-order valence-corrected chi connectivity index (χ3v) is 1.96. The smallest absolute Gasteiger partial charge is 0.332 e. The van der Waals surface area contributed by atoms with Gasteiger partial charge >= 0.3 is 5.97 Å². The number of rotatable bonds is 7. The lowest BCUT2D eigenvalue weighted by Gasteiger charge is -2.12. The second-order valence-corrected chi connectivity index (χ2v) is 3.33. The van der Waals surface area contributed by atoms with E-state index in [2.05, 4.69) is 25.7 Å². The lowest BCUT2D eigenvalue weighted by Crippen LogP contribution is -2.29. The zero-order valence-electron chi connectivity index (χ0n) is 8.47. The first-order valence-electron chi connectivity index (χ1n) is 4.72. The van der Waals surface area contributed by atoms with Gasteiger partial charge in [0.05, 0.1) is 0 Å². The summed E-state index contributed by atoms with van der Waals surface area (Å²) in [5.41, 5.74) is 0.225. The minimum Gasteiger partial charge on any atom is -0.478 e. The van der Waals surface area contributed by atoms with Crippen molar-refractivity contribution in [1.82, 2.24) is 5.32 Å². The third-order valence-electron chi connectivity index (χ3n) is 1.96. The van der Waals surface area contributed by atoms with Crippen LogP contribution in [0.15, 0.2) is 12.2 Å². The van der Waals surface area contributed by atoms with Crippen LogP contribution in [0, 0.1) is 0 Å². The summed E-state index contributed by atoms with van der Waals surface area (Å²) in [7, 11) is 0. The van der Waals surface area contributed by atoms with Crippen molar-refractivity contribution in [3.8, 4) is 0 Å². The molecule has 0 aliphatic rings. The maximum absolute atomic E-state index is 10.4. The molecule has 13 heavy (non-hydrogen) atoms. The van der Waals surface area contributed by atoms with Crippen LogP contribution in [0.25, 0.3) is 0 Å². The van der Waals surface area contributed by atoms with Gasteiger partial charge in [-0.2, -0.15) is 0 Å². The van der Waals surface area contributed by atoms with Gasteiger partial charge in [-0.3, -0.25) is 0 Å². The number of nitrogens with one attached hydrogen (secondary N) is 1. The summed E-state index contributed by atoms with van der Waals surface area (Å²) in [6.07, 6.45) is 3.43. The molecule has 2 N–H and O–H groups in total. The molecule has 3 nitrogen and oxygen atoms in total. The lowest BCUT2D eigenvalue weighted by atomic mass is 10.1. The van der Waals surface area contributed by atoms with Crippen LogP contribution in [0.5, 0.6) is 0 Å². The first-order valence-corrected chi connectivity index (χ1v) is 4.72. The van der Waals surface area contributed by atoms with Gasteiger partial charge in [-0.1, -0.05) is 26.3 Å². The van der Waals surface area contributed by atoms with Crippen LogP contribution in [-0.2, 0) is 4.79 Å². The van der Waals surface area contributed by atoms with E-state index in [4.69, 9.17) is 5.11 Å². The minimum atomic E-state index is -0.921. The summed E-state index contributed by atoms with van der Waals surface area (Å²) >= 11 is 0. The van der Waals surface area contributed by atoms with Crippen molar-refractivity contribution in [2.45, 2.75) is 39.2 Å². The molecule has 0 aromatic carbocycles. The molecule has 1 atom stereocenters. The van der Waals surface area contributed by atoms with Crippen LogP contribution in [-0.4, -0.2) is 23.7 Å². The summed E-state index contributed by atoms with van der Waals surface area (Å²) < 4.78 is 0. The highest BCUT2D eigenvalue weighted by Gasteiger charge is 2.05. The first kappa shape index (κ1) is 12.2. The normalized spacial score (nSPS) is 12.5. The summed E-state index contributed by atoms with van der Waals surface area (Å²) in [6, 6.07) is 0.371. The zero-order valence-corrected chi connectivity index (χ0v) is 8.47. The van der Waals surface area contributed by atoms with Crippen molar-refractivity contribution in [2.75, 3.05) is 6.54 Å². The van der Waals surface area contributed by atoms with Crippen LogP contribution < -0.4 is 5.32 Å². The number of hydrogen-bond donors (Lipinski definition) is 2. The molecule has 0 aliphatic heterocycles. The summed E-state index contributed by atoms with van der Waals surface area (Å²) in [4.78, 5) is 10.4. The quantitative estimate of drug-likeness (QED) is 0.594. The monoisotopic (exact) mass is 185 g/mol. The number of aliphatic carboxylic acids is 1. The molecular formula is C10H19NO2. The van der Waals surface area contributed by atoms with Gasteiger partial charge in [-0.25, -0.2) is 4.79 Å². The maximum atomic E-state index is 10.4. The van der Waals surface area contributed by atoms with Crippen molar-refractivity contribution in [1.29, 1.82) is 0 Å². The summed E-state index contributed by atoms with van der Waals surface area (Å²) in [5.74, 6) is -0.921. The molecule has 0 aromatic rings. The van der Waals surface area contributed by atoms with Gasteiger partial charge in [-0.05, 0) is 13.3 Å². The Morgan fingerprint density at radius 1 is 1.62 bits per heavy atom. The largest absolute Gasteiger partial charge is 0.478 e. The van der Waals surface area contributed by atoms with Crippen molar-refractivity contribution in [2.24, 2.45) is 0 Å². The number of hydrogen-bond acceptors (Lipinski definition) is 2. The molecular weight excluding hydrogens is 166 g/mol. The van der Waals surface area contributed by atoms with Gasteiger partial charge in [-0.15, -0.1) is 0 Å². The van der Waals surface area contributed by atoms with E-state index in [-0.39, 0.29) is 5.57 Å². The fraction of sp³-hybridized carbons (Fsp3) is 0.700. The highest BCUT2D eigenvalue weighted by atomic mass is 16.4. The Labute approximate surface area is 79.8 Å². The molecule has 0 fully saturated rings. The van der Waals surface area contributed by atoms with E-state index in [1.807, 2.05) is 0 Å². The highest BCUT2D eigenvalue weighted by Crippen LogP contribution is 1.99. The van der Waals surface area contributed by atoms with Gasteiger partial charge in [0.25, 0.3) is 0 Å².